The van der Waals surface area contributed by atoms with Gasteiger partial charge in [-0.3, -0.25) is 4.79 Å². The van der Waals surface area contributed by atoms with Gasteiger partial charge in [0.25, 0.3) is 0 Å². The van der Waals surface area contributed by atoms with E-state index in [-0.39, 0.29) is 42.1 Å². The molecule has 1 atom stereocenters. The third-order valence-corrected chi connectivity index (χ3v) is 3.52. The molecule has 0 saturated carbocycles. The van der Waals surface area contributed by atoms with Crippen molar-refractivity contribution in [3.63, 3.8) is 0 Å². The van der Waals surface area contributed by atoms with Crippen LogP contribution in [0.5, 0.6) is 0 Å². The molecule has 6 heteroatoms. The van der Waals surface area contributed by atoms with Crippen LogP contribution in [-0.2, 0) is 14.1 Å². The summed E-state index contributed by atoms with van der Waals surface area (Å²) in [6.07, 6.45) is 6.72. The van der Waals surface area contributed by atoms with E-state index in [2.05, 4.69) is 6.92 Å². The smallest absolute Gasteiger partial charge is 0.799 e. The van der Waals surface area contributed by atoms with Crippen LogP contribution in [0.4, 0.5) is 0 Å². The van der Waals surface area contributed by atoms with E-state index in [1.54, 1.807) is 0 Å². The summed E-state index contributed by atoms with van der Waals surface area (Å²) in [6.45, 7) is 3.73. The topological polar surface area (TPSA) is 66.4 Å². The van der Waals surface area contributed by atoms with Gasteiger partial charge in [-0.15, -0.1) is 0 Å². The molecule has 0 aliphatic heterocycles. The standard InChI is InChI=1S/C12H25O4P.Na/c1-3-4-5-6-7-8-10-16-12(13)9-11-17(2,14)15;/h3-11H2,1-2H3,(H,14,15);/q;+1/p-1. The number of unbranched alkanes of at least 4 members (excludes halogenated alkanes) is 5. The van der Waals surface area contributed by atoms with Gasteiger partial charge in [0.1, 0.15) is 0 Å². The Morgan fingerprint density at radius 3 is 2.28 bits per heavy atom. The minimum Gasteiger partial charge on any atom is -0.799 e. The zero-order valence-corrected chi connectivity index (χ0v) is 14.8. The molecule has 0 bridgehead atoms. The molecule has 0 radical (unpaired) electrons. The van der Waals surface area contributed by atoms with Crippen molar-refractivity contribution in [2.24, 2.45) is 0 Å². The number of carbonyl (C=O) groups is 1. The van der Waals surface area contributed by atoms with Gasteiger partial charge in [0.15, 0.2) is 0 Å². The van der Waals surface area contributed by atoms with Crippen molar-refractivity contribution in [3.8, 4) is 0 Å². The molecule has 0 spiro atoms. The fraction of sp³-hybridized carbons (Fsp3) is 0.917. The number of carbonyl (C=O) groups excluding carboxylic acids is 1. The van der Waals surface area contributed by atoms with E-state index in [0.29, 0.717) is 6.61 Å². The molecule has 0 aliphatic carbocycles. The Morgan fingerprint density at radius 2 is 1.72 bits per heavy atom. The van der Waals surface area contributed by atoms with Crippen LogP contribution in [0.1, 0.15) is 51.9 Å². The first kappa shape index (κ1) is 21.0. The maximum absolute atomic E-state index is 11.1. The second kappa shape index (κ2) is 12.7. The van der Waals surface area contributed by atoms with E-state index in [9.17, 15) is 14.3 Å². The molecular formula is C12H24NaO4P. The first-order valence-corrected chi connectivity index (χ1v) is 8.64. The van der Waals surface area contributed by atoms with Crippen molar-refractivity contribution in [1.82, 2.24) is 0 Å². The fourth-order valence-electron chi connectivity index (χ4n) is 1.43. The van der Waals surface area contributed by atoms with Gasteiger partial charge in [-0.1, -0.05) is 39.0 Å². The SMILES string of the molecule is CCCCCCCCOC(=O)CCP(C)(=O)[O-].[Na+]. The fourth-order valence-corrected chi connectivity index (χ4v) is 2.02. The molecule has 0 aromatic rings. The molecule has 1 unspecified atom stereocenters. The van der Waals surface area contributed by atoms with Crippen molar-refractivity contribution in [3.05, 3.63) is 0 Å². The summed E-state index contributed by atoms with van der Waals surface area (Å²) in [5.74, 6) is -0.406. The normalized spacial score (nSPS) is 13.5. The van der Waals surface area contributed by atoms with Crippen LogP contribution in [0.3, 0.4) is 0 Å². The Morgan fingerprint density at radius 1 is 1.17 bits per heavy atom. The van der Waals surface area contributed by atoms with Gasteiger partial charge in [-0.25, -0.2) is 0 Å². The van der Waals surface area contributed by atoms with Crippen LogP contribution in [0.15, 0.2) is 0 Å². The molecule has 0 N–H and O–H groups in total. The number of rotatable bonds is 10. The predicted molar refractivity (Wildman–Crippen MR) is 67.3 cm³/mol. The minimum absolute atomic E-state index is 0. The van der Waals surface area contributed by atoms with E-state index in [1.165, 1.54) is 25.7 Å². The molecule has 0 aromatic heterocycles. The molecule has 0 amide bonds. The molecule has 0 rings (SSSR count). The Bertz CT molecular complexity index is 252. The molecule has 18 heavy (non-hydrogen) atoms. The van der Waals surface area contributed by atoms with Gasteiger partial charge < -0.3 is 14.2 Å². The summed E-state index contributed by atoms with van der Waals surface area (Å²) >= 11 is 0. The van der Waals surface area contributed by atoms with Gasteiger partial charge in [0, 0.05) is 7.37 Å². The van der Waals surface area contributed by atoms with Crippen molar-refractivity contribution in [2.75, 3.05) is 19.4 Å². The van der Waals surface area contributed by atoms with Crippen LogP contribution >= 0.6 is 7.37 Å². The van der Waals surface area contributed by atoms with Crippen LogP contribution in [0.25, 0.3) is 0 Å². The first-order chi connectivity index (χ1) is 7.95. The monoisotopic (exact) mass is 286 g/mol. The second-order valence-corrected chi connectivity index (χ2v) is 6.95. The maximum Gasteiger partial charge on any atom is 1.00 e. The van der Waals surface area contributed by atoms with E-state index in [0.717, 1.165) is 19.5 Å². The number of esters is 1. The quantitative estimate of drug-likeness (QED) is 0.236. The van der Waals surface area contributed by atoms with Crippen molar-refractivity contribution < 1.29 is 48.5 Å². The first-order valence-electron chi connectivity index (χ1n) is 6.39. The number of hydrogen-bond donors (Lipinski definition) is 0. The molecule has 0 aromatic carbocycles. The van der Waals surface area contributed by atoms with Gasteiger partial charge >= 0.3 is 35.5 Å². The molecule has 0 saturated heterocycles. The molecule has 4 nitrogen and oxygen atoms in total. The molecule has 102 valence electrons. The number of hydrogen-bond acceptors (Lipinski definition) is 4. The summed E-state index contributed by atoms with van der Waals surface area (Å²) in [5.41, 5.74) is 0. The summed E-state index contributed by atoms with van der Waals surface area (Å²) in [6, 6.07) is 0. The third-order valence-electron chi connectivity index (χ3n) is 2.48. The molecule has 0 aliphatic rings. The Balaban J connectivity index is 0. The van der Waals surface area contributed by atoms with Crippen LogP contribution in [0, 0.1) is 0 Å². The molecule has 0 fully saturated rings. The zero-order valence-electron chi connectivity index (χ0n) is 11.9. The number of ether oxygens (including phenoxy) is 1. The largest absolute Gasteiger partial charge is 1.00 e. The van der Waals surface area contributed by atoms with Gasteiger partial charge in [-0.05, 0) is 19.2 Å². The van der Waals surface area contributed by atoms with E-state index < -0.39 is 13.3 Å². The van der Waals surface area contributed by atoms with Crippen molar-refractivity contribution in [2.45, 2.75) is 51.9 Å². The Labute approximate surface area is 133 Å². The average Bonchev–Trinajstić information content (AvgIpc) is 2.24. The Hall–Kier alpha value is 0.660. The average molecular weight is 286 g/mol. The molecule has 0 heterocycles. The Kier molecular flexibility index (Phi) is 14.8. The van der Waals surface area contributed by atoms with E-state index >= 15 is 0 Å². The maximum atomic E-state index is 11.1. The van der Waals surface area contributed by atoms with Crippen molar-refractivity contribution in [1.29, 1.82) is 0 Å². The van der Waals surface area contributed by atoms with E-state index in [1.807, 2.05) is 0 Å². The van der Waals surface area contributed by atoms with Crippen LogP contribution in [0.2, 0.25) is 0 Å². The van der Waals surface area contributed by atoms with Gasteiger partial charge in [-0.2, -0.15) is 0 Å². The predicted octanol–water partition coefficient (Wildman–Crippen LogP) is -0.448. The second-order valence-electron chi connectivity index (χ2n) is 4.48. The van der Waals surface area contributed by atoms with Crippen LogP contribution in [-0.4, -0.2) is 25.4 Å². The van der Waals surface area contributed by atoms with Gasteiger partial charge in [0.2, 0.25) is 0 Å². The summed E-state index contributed by atoms with van der Waals surface area (Å²) in [5, 5.41) is 0. The summed E-state index contributed by atoms with van der Waals surface area (Å²) in [7, 11) is -3.33. The zero-order chi connectivity index (χ0) is 13.1. The van der Waals surface area contributed by atoms with Crippen molar-refractivity contribution >= 4 is 13.3 Å². The van der Waals surface area contributed by atoms with E-state index in [4.69, 9.17) is 4.74 Å². The summed E-state index contributed by atoms with van der Waals surface area (Å²) < 4.78 is 15.8. The van der Waals surface area contributed by atoms with Gasteiger partial charge in [0.05, 0.1) is 13.0 Å². The third kappa shape index (κ3) is 16.7. The van der Waals surface area contributed by atoms with Crippen LogP contribution < -0.4 is 34.5 Å². The minimum atomic E-state index is -3.33. The molecular weight excluding hydrogens is 262 g/mol. The summed E-state index contributed by atoms with van der Waals surface area (Å²) in [4.78, 5) is 22.0.